The lowest BCUT2D eigenvalue weighted by Crippen LogP contribution is -2.49. The molecule has 1 amide bonds. The van der Waals surface area contributed by atoms with E-state index in [1.807, 2.05) is 24.0 Å². The first-order chi connectivity index (χ1) is 14.5. The Hall–Kier alpha value is -3.15. The zero-order valence-corrected chi connectivity index (χ0v) is 18.2. The normalized spacial score (nSPS) is 14.4. The van der Waals surface area contributed by atoms with Crippen molar-refractivity contribution < 1.29 is 4.79 Å². The molecule has 0 unspecified atom stereocenters. The molecule has 1 aliphatic heterocycles. The van der Waals surface area contributed by atoms with Gasteiger partial charge in [0.1, 0.15) is 0 Å². The highest BCUT2D eigenvalue weighted by Gasteiger charge is 2.26. The van der Waals surface area contributed by atoms with Crippen LogP contribution in [0.5, 0.6) is 0 Å². The van der Waals surface area contributed by atoms with E-state index < -0.39 is 0 Å². The van der Waals surface area contributed by atoms with Crippen LogP contribution in [0.1, 0.15) is 47.1 Å². The average Bonchev–Trinajstić information content (AvgIpc) is 3.08. The number of carbonyl (C=O) groups excluding carboxylic acids is 1. The zero-order chi connectivity index (χ0) is 21.3. The minimum absolute atomic E-state index is 0.0989. The van der Waals surface area contributed by atoms with E-state index in [-0.39, 0.29) is 5.91 Å². The lowest BCUT2D eigenvalue weighted by Gasteiger charge is -2.34. The van der Waals surface area contributed by atoms with Crippen molar-refractivity contribution in [3.05, 3.63) is 71.3 Å². The fraction of sp³-hybridized carbons (Fsp3) is 0.375. The molecule has 30 heavy (non-hydrogen) atoms. The van der Waals surface area contributed by atoms with Gasteiger partial charge in [-0.1, -0.05) is 26.0 Å². The van der Waals surface area contributed by atoms with Crippen LogP contribution in [0.2, 0.25) is 0 Å². The van der Waals surface area contributed by atoms with E-state index in [9.17, 15) is 4.79 Å². The number of hydrogen-bond acceptors (Lipinski definition) is 4. The van der Waals surface area contributed by atoms with Crippen molar-refractivity contribution in [3.8, 4) is 5.69 Å². The predicted octanol–water partition coefficient (Wildman–Crippen LogP) is 3.97. The van der Waals surface area contributed by atoms with Gasteiger partial charge in [0.05, 0.1) is 5.56 Å². The Balaban J connectivity index is 1.51. The van der Waals surface area contributed by atoms with E-state index >= 15 is 0 Å². The standard InChI is InChI=1S/C24H29N5O/c1-17(2)20-6-8-21(9-7-20)29-18(3)16-22(19(29)4)23(30)27-12-14-28(15-13-27)24-25-10-5-11-26-24/h5-11,16-17H,12-15H2,1-4H3. The molecule has 6 nitrogen and oxygen atoms in total. The molecule has 0 saturated carbocycles. The fourth-order valence-corrected chi connectivity index (χ4v) is 4.12. The van der Waals surface area contributed by atoms with Crippen LogP contribution < -0.4 is 4.90 Å². The molecule has 1 aromatic carbocycles. The summed E-state index contributed by atoms with van der Waals surface area (Å²) in [6.45, 7) is 11.3. The minimum Gasteiger partial charge on any atom is -0.337 e. The number of hydrogen-bond donors (Lipinski definition) is 0. The molecule has 0 atom stereocenters. The fourth-order valence-electron chi connectivity index (χ4n) is 4.12. The largest absolute Gasteiger partial charge is 0.337 e. The van der Waals surface area contributed by atoms with Gasteiger partial charge in [-0.05, 0) is 49.6 Å². The molecular formula is C24H29N5O. The third-order valence-electron chi connectivity index (χ3n) is 5.88. The van der Waals surface area contributed by atoms with Crippen molar-refractivity contribution in [2.24, 2.45) is 0 Å². The highest BCUT2D eigenvalue weighted by Crippen LogP contribution is 2.24. The van der Waals surface area contributed by atoms with Crippen molar-refractivity contribution in [1.82, 2.24) is 19.4 Å². The topological polar surface area (TPSA) is 54.3 Å². The first-order valence-electron chi connectivity index (χ1n) is 10.6. The number of carbonyl (C=O) groups is 1. The molecule has 0 N–H and O–H groups in total. The third kappa shape index (κ3) is 3.82. The molecule has 1 aliphatic rings. The molecule has 6 heteroatoms. The van der Waals surface area contributed by atoms with E-state index in [4.69, 9.17) is 0 Å². The molecule has 0 aliphatic carbocycles. The smallest absolute Gasteiger partial charge is 0.255 e. The molecule has 3 aromatic rings. The summed E-state index contributed by atoms with van der Waals surface area (Å²) in [5, 5.41) is 0. The third-order valence-corrected chi connectivity index (χ3v) is 5.88. The summed E-state index contributed by atoms with van der Waals surface area (Å²) >= 11 is 0. The Morgan fingerprint density at radius 2 is 1.60 bits per heavy atom. The maximum Gasteiger partial charge on any atom is 0.255 e. The number of anilines is 1. The van der Waals surface area contributed by atoms with Gasteiger partial charge >= 0.3 is 0 Å². The summed E-state index contributed by atoms with van der Waals surface area (Å²) in [6.07, 6.45) is 3.50. The van der Waals surface area contributed by atoms with Crippen molar-refractivity contribution in [1.29, 1.82) is 0 Å². The quantitative estimate of drug-likeness (QED) is 0.661. The Morgan fingerprint density at radius 3 is 2.20 bits per heavy atom. The van der Waals surface area contributed by atoms with Crippen LogP contribution >= 0.6 is 0 Å². The van der Waals surface area contributed by atoms with E-state index in [1.54, 1.807) is 12.4 Å². The summed E-state index contributed by atoms with van der Waals surface area (Å²) in [6, 6.07) is 12.5. The number of aryl methyl sites for hydroxylation is 1. The molecule has 2 aromatic heterocycles. The van der Waals surface area contributed by atoms with E-state index in [1.165, 1.54) is 5.56 Å². The molecular weight excluding hydrogens is 374 g/mol. The van der Waals surface area contributed by atoms with Gasteiger partial charge in [-0.3, -0.25) is 4.79 Å². The van der Waals surface area contributed by atoms with Gasteiger partial charge < -0.3 is 14.4 Å². The highest BCUT2D eigenvalue weighted by molar-refractivity contribution is 5.96. The van der Waals surface area contributed by atoms with Gasteiger partial charge in [-0.15, -0.1) is 0 Å². The van der Waals surface area contributed by atoms with Crippen LogP contribution in [-0.4, -0.2) is 51.5 Å². The second kappa shape index (κ2) is 8.30. The first kappa shape index (κ1) is 20.1. The van der Waals surface area contributed by atoms with Crippen LogP contribution in [0.3, 0.4) is 0 Å². The van der Waals surface area contributed by atoms with Crippen molar-refractivity contribution >= 4 is 11.9 Å². The lowest BCUT2D eigenvalue weighted by molar-refractivity contribution is 0.0745. The molecule has 1 fully saturated rings. The molecule has 0 radical (unpaired) electrons. The van der Waals surface area contributed by atoms with Gasteiger partial charge in [-0.25, -0.2) is 9.97 Å². The van der Waals surface area contributed by atoms with Gasteiger partial charge in [-0.2, -0.15) is 0 Å². The number of aromatic nitrogens is 3. The molecule has 156 valence electrons. The van der Waals surface area contributed by atoms with Crippen LogP contribution in [0, 0.1) is 13.8 Å². The first-order valence-corrected chi connectivity index (χ1v) is 10.6. The van der Waals surface area contributed by atoms with Crippen molar-refractivity contribution in [2.75, 3.05) is 31.1 Å². The van der Waals surface area contributed by atoms with Crippen molar-refractivity contribution in [3.63, 3.8) is 0 Å². The summed E-state index contributed by atoms with van der Waals surface area (Å²) in [7, 11) is 0. The summed E-state index contributed by atoms with van der Waals surface area (Å²) < 4.78 is 2.17. The molecule has 1 saturated heterocycles. The Morgan fingerprint density at radius 1 is 0.967 bits per heavy atom. The van der Waals surface area contributed by atoms with E-state index in [2.05, 4.69) is 64.5 Å². The maximum absolute atomic E-state index is 13.3. The SMILES string of the molecule is Cc1cc(C(=O)N2CCN(c3ncccn3)CC2)c(C)n1-c1ccc(C(C)C)cc1. The van der Waals surface area contributed by atoms with Crippen LogP contribution in [0.15, 0.2) is 48.8 Å². The Bertz CT molecular complexity index is 1020. The second-order valence-corrected chi connectivity index (χ2v) is 8.19. The lowest BCUT2D eigenvalue weighted by atomic mass is 10.0. The summed E-state index contributed by atoms with van der Waals surface area (Å²) in [5.74, 6) is 1.33. The highest BCUT2D eigenvalue weighted by atomic mass is 16.2. The minimum atomic E-state index is 0.0989. The zero-order valence-electron chi connectivity index (χ0n) is 18.2. The van der Waals surface area contributed by atoms with Gasteiger partial charge in [0.25, 0.3) is 5.91 Å². The van der Waals surface area contributed by atoms with Gasteiger partial charge in [0.15, 0.2) is 0 Å². The maximum atomic E-state index is 13.3. The Labute approximate surface area is 178 Å². The van der Waals surface area contributed by atoms with Crippen molar-refractivity contribution in [2.45, 2.75) is 33.6 Å². The van der Waals surface area contributed by atoms with Crippen LogP contribution in [0.25, 0.3) is 5.69 Å². The van der Waals surface area contributed by atoms with Gasteiger partial charge in [0.2, 0.25) is 5.95 Å². The predicted molar refractivity (Wildman–Crippen MR) is 119 cm³/mol. The van der Waals surface area contributed by atoms with Gasteiger partial charge in [0, 0.05) is 55.6 Å². The molecule has 0 bridgehead atoms. The number of rotatable bonds is 4. The number of piperazine rings is 1. The van der Waals surface area contributed by atoms with E-state index in [0.29, 0.717) is 19.0 Å². The summed E-state index contributed by atoms with van der Waals surface area (Å²) in [4.78, 5) is 26.0. The second-order valence-electron chi connectivity index (χ2n) is 8.19. The van der Waals surface area contributed by atoms with Crippen LogP contribution in [0.4, 0.5) is 5.95 Å². The Kier molecular flexibility index (Phi) is 5.57. The van der Waals surface area contributed by atoms with Crippen LogP contribution in [-0.2, 0) is 0 Å². The molecule has 3 heterocycles. The monoisotopic (exact) mass is 403 g/mol. The summed E-state index contributed by atoms with van der Waals surface area (Å²) in [5.41, 5.74) is 5.26. The molecule has 0 spiro atoms. The number of benzene rings is 1. The average molecular weight is 404 g/mol. The molecule has 4 rings (SSSR count). The van der Waals surface area contributed by atoms with E-state index in [0.717, 1.165) is 41.7 Å². The number of amides is 1. The number of nitrogens with zero attached hydrogens (tertiary/aromatic N) is 5.